The van der Waals surface area contributed by atoms with Crippen molar-refractivity contribution in [2.45, 2.75) is 25.6 Å². The molecule has 0 saturated carbocycles. The maximum absolute atomic E-state index is 12.7. The van der Waals surface area contributed by atoms with Crippen LogP contribution in [0.5, 0.6) is 0 Å². The minimum Gasteiger partial charge on any atom is -0.359 e. The second-order valence-electron chi connectivity index (χ2n) is 5.85. The first-order chi connectivity index (χ1) is 11.4. The maximum Gasteiger partial charge on any atom is 0.434 e. The van der Waals surface area contributed by atoms with Crippen molar-refractivity contribution in [2.24, 2.45) is 5.92 Å². The number of hydrogen-bond donors (Lipinski definition) is 0. The van der Waals surface area contributed by atoms with Gasteiger partial charge in [0, 0.05) is 38.8 Å². The number of halogens is 3. The molecular weight excluding hydrogens is 321 g/mol. The fraction of sp³-hybridized carbons (Fsp3) is 0.467. The van der Waals surface area contributed by atoms with Crippen molar-refractivity contribution in [1.29, 1.82) is 5.26 Å². The van der Waals surface area contributed by atoms with E-state index in [-0.39, 0.29) is 11.6 Å². The van der Waals surface area contributed by atoms with E-state index in [1.807, 2.05) is 18.0 Å². The van der Waals surface area contributed by atoms with Crippen molar-refractivity contribution in [3.63, 3.8) is 0 Å². The summed E-state index contributed by atoms with van der Waals surface area (Å²) in [6, 6.07) is 3.55. The number of imidazole rings is 1. The molecule has 6 nitrogen and oxygen atoms in total. The van der Waals surface area contributed by atoms with E-state index in [0.717, 1.165) is 12.6 Å². The van der Waals surface area contributed by atoms with Crippen LogP contribution in [-0.4, -0.2) is 33.1 Å². The molecule has 0 amide bonds. The van der Waals surface area contributed by atoms with Crippen LogP contribution < -0.4 is 4.90 Å². The van der Waals surface area contributed by atoms with Gasteiger partial charge in [0.1, 0.15) is 29.7 Å². The lowest BCUT2D eigenvalue weighted by molar-refractivity contribution is -0.141. The zero-order valence-corrected chi connectivity index (χ0v) is 13.0. The first kappa shape index (κ1) is 16.2. The molecule has 3 heterocycles. The van der Waals surface area contributed by atoms with Crippen molar-refractivity contribution in [2.75, 3.05) is 18.5 Å². The fourth-order valence-corrected chi connectivity index (χ4v) is 2.90. The molecule has 3 rings (SSSR count). The third kappa shape index (κ3) is 3.32. The minimum atomic E-state index is -4.41. The number of anilines is 1. The van der Waals surface area contributed by atoms with E-state index >= 15 is 0 Å². The third-order valence-corrected chi connectivity index (χ3v) is 4.07. The second kappa shape index (κ2) is 6.11. The van der Waals surface area contributed by atoms with Crippen molar-refractivity contribution in [3.8, 4) is 6.07 Å². The smallest absolute Gasteiger partial charge is 0.359 e. The minimum absolute atomic E-state index is 0.179. The van der Waals surface area contributed by atoms with Crippen LogP contribution in [0.3, 0.4) is 0 Å². The number of aryl methyl sites for hydroxylation is 1. The molecule has 24 heavy (non-hydrogen) atoms. The summed E-state index contributed by atoms with van der Waals surface area (Å²) in [5.74, 6) is 1.28. The van der Waals surface area contributed by atoms with Gasteiger partial charge in [-0.1, -0.05) is 0 Å². The molecule has 0 saturated heterocycles. The van der Waals surface area contributed by atoms with E-state index in [0.29, 0.717) is 31.2 Å². The van der Waals surface area contributed by atoms with Gasteiger partial charge >= 0.3 is 6.18 Å². The molecule has 0 radical (unpaired) electrons. The lowest BCUT2D eigenvalue weighted by Crippen LogP contribution is -2.32. The van der Waals surface area contributed by atoms with Crippen molar-refractivity contribution in [3.05, 3.63) is 35.8 Å². The predicted octanol–water partition coefficient (Wildman–Crippen LogP) is 2.26. The maximum atomic E-state index is 12.7. The number of nitrogens with zero attached hydrogens (tertiary/aromatic N) is 6. The largest absolute Gasteiger partial charge is 0.434 e. The molecule has 9 heteroatoms. The van der Waals surface area contributed by atoms with Gasteiger partial charge in [0.15, 0.2) is 5.69 Å². The SMILES string of the molecule is CN(CC1CCc2nc(C(F)(F)F)cn2C1)c1cc(C#N)ncn1. The van der Waals surface area contributed by atoms with E-state index < -0.39 is 11.9 Å². The average Bonchev–Trinajstić information content (AvgIpc) is 2.98. The van der Waals surface area contributed by atoms with Crippen molar-refractivity contribution in [1.82, 2.24) is 19.5 Å². The first-order valence-electron chi connectivity index (χ1n) is 7.43. The van der Waals surface area contributed by atoms with Crippen LogP contribution in [0.4, 0.5) is 19.0 Å². The Morgan fingerprint density at radius 3 is 2.92 bits per heavy atom. The molecule has 1 unspecified atom stereocenters. The van der Waals surface area contributed by atoms with Crippen LogP contribution in [0.25, 0.3) is 0 Å². The Hall–Kier alpha value is -2.63. The van der Waals surface area contributed by atoms with E-state index in [9.17, 15) is 13.2 Å². The number of alkyl halides is 3. The van der Waals surface area contributed by atoms with Gasteiger partial charge in [0.25, 0.3) is 0 Å². The van der Waals surface area contributed by atoms with Crippen LogP contribution in [-0.2, 0) is 19.1 Å². The number of hydrogen-bond acceptors (Lipinski definition) is 5. The summed E-state index contributed by atoms with van der Waals surface area (Å²) in [7, 11) is 1.84. The van der Waals surface area contributed by atoms with Gasteiger partial charge in [-0.15, -0.1) is 0 Å². The van der Waals surface area contributed by atoms with Crippen LogP contribution in [0.1, 0.15) is 23.6 Å². The normalized spacial score (nSPS) is 17.2. The van der Waals surface area contributed by atoms with E-state index in [1.165, 1.54) is 6.33 Å². The summed E-state index contributed by atoms with van der Waals surface area (Å²) in [4.78, 5) is 13.5. The number of fused-ring (bicyclic) bond motifs is 1. The molecule has 0 spiro atoms. The number of aromatic nitrogens is 4. The highest BCUT2D eigenvalue weighted by Gasteiger charge is 2.35. The zero-order chi connectivity index (χ0) is 17.3. The molecule has 0 bridgehead atoms. The molecule has 0 N–H and O–H groups in total. The molecule has 0 aromatic carbocycles. The Morgan fingerprint density at radius 1 is 1.42 bits per heavy atom. The Kier molecular flexibility index (Phi) is 4.13. The lowest BCUT2D eigenvalue weighted by atomic mass is 9.99. The van der Waals surface area contributed by atoms with Gasteiger partial charge in [-0.3, -0.25) is 0 Å². The van der Waals surface area contributed by atoms with Gasteiger partial charge in [-0.2, -0.15) is 18.4 Å². The van der Waals surface area contributed by atoms with Gasteiger partial charge in [0.2, 0.25) is 0 Å². The number of nitriles is 1. The average molecular weight is 336 g/mol. The van der Waals surface area contributed by atoms with E-state index in [1.54, 1.807) is 10.6 Å². The Labute approximate surface area is 136 Å². The summed E-state index contributed by atoms with van der Waals surface area (Å²) in [6.45, 7) is 1.11. The van der Waals surface area contributed by atoms with Crippen molar-refractivity contribution < 1.29 is 13.2 Å². The monoisotopic (exact) mass is 336 g/mol. The number of rotatable bonds is 3. The first-order valence-corrected chi connectivity index (χ1v) is 7.43. The Balaban J connectivity index is 1.69. The molecule has 126 valence electrons. The van der Waals surface area contributed by atoms with Gasteiger partial charge in [0.05, 0.1) is 0 Å². The topological polar surface area (TPSA) is 70.6 Å². The molecule has 0 fully saturated rings. The predicted molar refractivity (Wildman–Crippen MR) is 79.1 cm³/mol. The molecule has 1 atom stereocenters. The second-order valence-corrected chi connectivity index (χ2v) is 5.85. The fourth-order valence-electron chi connectivity index (χ4n) is 2.90. The third-order valence-electron chi connectivity index (χ3n) is 4.07. The molecule has 0 aliphatic carbocycles. The molecule has 2 aromatic rings. The van der Waals surface area contributed by atoms with E-state index in [4.69, 9.17) is 5.26 Å². The summed E-state index contributed by atoms with van der Waals surface area (Å²) in [6.07, 6.45) is -0.725. The lowest BCUT2D eigenvalue weighted by Gasteiger charge is -2.28. The standard InChI is InChI=1S/C15H15F3N6/c1-23(14-4-11(5-19)20-9-21-14)6-10-2-3-13-22-12(15(16,17)18)8-24(13)7-10/h4,8-10H,2-3,6-7H2,1H3. The van der Waals surface area contributed by atoms with Gasteiger partial charge < -0.3 is 9.47 Å². The highest BCUT2D eigenvalue weighted by atomic mass is 19.4. The summed E-state index contributed by atoms with van der Waals surface area (Å²) >= 11 is 0. The van der Waals surface area contributed by atoms with Crippen LogP contribution >= 0.6 is 0 Å². The van der Waals surface area contributed by atoms with E-state index in [2.05, 4.69) is 15.0 Å². The highest BCUT2D eigenvalue weighted by Crippen LogP contribution is 2.31. The van der Waals surface area contributed by atoms with Gasteiger partial charge in [-0.05, 0) is 12.3 Å². The van der Waals surface area contributed by atoms with Crippen molar-refractivity contribution >= 4 is 5.82 Å². The zero-order valence-electron chi connectivity index (χ0n) is 13.0. The quantitative estimate of drug-likeness (QED) is 0.860. The molecule has 1 aliphatic heterocycles. The van der Waals surface area contributed by atoms with Gasteiger partial charge in [-0.25, -0.2) is 15.0 Å². The summed E-state index contributed by atoms with van der Waals surface area (Å²) in [5.41, 5.74) is -0.553. The molecule has 2 aromatic heterocycles. The Bertz CT molecular complexity index is 776. The van der Waals surface area contributed by atoms with Crippen LogP contribution in [0.15, 0.2) is 18.6 Å². The summed E-state index contributed by atoms with van der Waals surface area (Å²) < 4.78 is 39.8. The van der Waals surface area contributed by atoms with Crippen LogP contribution in [0.2, 0.25) is 0 Å². The Morgan fingerprint density at radius 2 is 2.21 bits per heavy atom. The highest BCUT2D eigenvalue weighted by molar-refractivity contribution is 5.41. The molecule has 1 aliphatic rings. The van der Waals surface area contributed by atoms with Crippen LogP contribution in [0, 0.1) is 17.2 Å². The summed E-state index contributed by atoms with van der Waals surface area (Å²) in [5, 5.41) is 8.88. The molecular formula is C15H15F3N6.